The molecule has 2 N–H and O–H groups in total. The van der Waals surface area contributed by atoms with Gasteiger partial charge in [-0.3, -0.25) is 4.79 Å². The second-order valence-electron chi connectivity index (χ2n) is 4.42. The predicted octanol–water partition coefficient (Wildman–Crippen LogP) is 0.0974. The van der Waals surface area contributed by atoms with Crippen molar-refractivity contribution in [3.63, 3.8) is 0 Å². The molecule has 2 rings (SSSR count). The zero-order chi connectivity index (χ0) is 12.1. The highest BCUT2D eigenvalue weighted by atomic mass is 16.2. The Balaban J connectivity index is 1.69. The first-order valence-electron chi connectivity index (χ1n) is 6.12. The highest BCUT2D eigenvalue weighted by Gasteiger charge is 2.17. The van der Waals surface area contributed by atoms with Gasteiger partial charge in [0.1, 0.15) is 18.7 Å². The van der Waals surface area contributed by atoms with Crippen LogP contribution < -0.4 is 10.6 Å². The zero-order valence-corrected chi connectivity index (χ0v) is 10.1. The van der Waals surface area contributed by atoms with E-state index in [2.05, 4.69) is 20.7 Å². The molecule has 2 unspecified atom stereocenters. The van der Waals surface area contributed by atoms with Crippen molar-refractivity contribution >= 4 is 5.91 Å². The average molecular weight is 237 g/mol. The Labute approximate surface area is 101 Å². The lowest BCUT2D eigenvalue weighted by Gasteiger charge is -2.14. The molecule has 94 valence electrons. The van der Waals surface area contributed by atoms with Gasteiger partial charge in [0.15, 0.2) is 0 Å². The first kappa shape index (κ1) is 12.0. The van der Waals surface area contributed by atoms with Gasteiger partial charge in [-0.05, 0) is 32.7 Å². The first-order chi connectivity index (χ1) is 8.27. The Hall–Kier alpha value is -1.43. The SMILES string of the molecule is CC(C(=O)NCCC1CCCN1)n1cncn1. The van der Waals surface area contributed by atoms with Gasteiger partial charge in [-0.2, -0.15) is 5.10 Å². The van der Waals surface area contributed by atoms with E-state index >= 15 is 0 Å². The molecule has 1 aromatic rings. The number of amides is 1. The lowest BCUT2D eigenvalue weighted by Crippen LogP contribution is -2.34. The summed E-state index contributed by atoms with van der Waals surface area (Å²) in [6.07, 6.45) is 6.45. The van der Waals surface area contributed by atoms with Crippen molar-refractivity contribution in [3.05, 3.63) is 12.7 Å². The molecule has 1 aliphatic heterocycles. The topological polar surface area (TPSA) is 71.8 Å². The smallest absolute Gasteiger partial charge is 0.244 e. The predicted molar refractivity (Wildman–Crippen MR) is 63.4 cm³/mol. The van der Waals surface area contributed by atoms with Crippen molar-refractivity contribution in [2.45, 2.75) is 38.3 Å². The molecule has 0 radical (unpaired) electrons. The standard InChI is InChI=1S/C11H19N5O/c1-9(16-8-12-7-15-16)11(17)14-6-4-10-3-2-5-13-10/h7-10,13H,2-6H2,1H3,(H,14,17). The molecule has 0 spiro atoms. The normalized spacial score (nSPS) is 21.4. The molecular formula is C11H19N5O. The van der Waals surface area contributed by atoms with Gasteiger partial charge in [-0.15, -0.1) is 0 Å². The summed E-state index contributed by atoms with van der Waals surface area (Å²) in [7, 11) is 0. The van der Waals surface area contributed by atoms with E-state index in [1.54, 1.807) is 11.0 Å². The lowest BCUT2D eigenvalue weighted by atomic mass is 10.1. The van der Waals surface area contributed by atoms with Crippen LogP contribution in [0.1, 0.15) is 32.2 Å². The van der Waals surface area contributed by atoms with Gasteiger partial charge < -0.3 is 10.6 Å². The minimum absolute atomic E-state index is 0.00602. The Bertz CT molecular complexity index is 345. The Morgan fingerprint density at radius 3 is 3.24 bits per heavy atom. The molecular weight excluding hydrogens is 218 g/mol. The molecule has 6 heteroatoms. The molecule has 0 aliphatic carbocycles. The average Bonchev–Trinajstić information content (AvgIpc) is 3.00. The van der Waals surface area contributed by atoms with E-state index in [-0.39, 0.29) is 11.9 Å². The summed E-state index contributed by atoms with van der Waals surface area (Å²) in [5, 5.41) is 10.3. The maximum absolute atomic E-state index is 11.8. The molecule has 1 aliphatic rings. The molecule has 1 saturated heterocycles. The third kappa shape index (κ3) is 3.26. The van der Waals surface area contributed by atoms with E-state index in [9.17, 15) is 4.79 Å². The van der Waals surface area contributed by atoms with Crippen LogP contribution in [0.3, 0.4) is 0 Å². The highest BCUT2D eigenvalue weighted by molar-refractivity contribution is 5.79. The second kappa shape index (κ2) is 5.77. The Kier molecular flexibility index (Phi) is 4.08. The van der Waals surface area contributed by atoms with Crippen LogP contribution in [-0.4, -0.2) is 39.8 Å². The molecule has 0 aromatic carbocycles. The van der Waals surface area contributed by atoms with E-state index < -0.39 is 0 Å². The number of hydrogen-bond donors (Lipinski definition) is 2. The minimum Gasteiger partial charge on any atom is -0.354 e. The number of nitrogens with zero attached hydrogens (tertiary/aromatic N) is 3. The first-order valence-corrected chi connectivity index (χ1v) is 6.12. The molecule has 1 amide bonds. The number of carbonyl (C=O) groups is 1. The van der Waals surface area contributed by atoms with Crippen molar-refractivity contribution in [2.75, 3.05) is 13.1 Å². The van der Waals surface area contributed by atoms with E-state index in [0.29, 0.717) is 6.04 Å². The van der Waals surface area contributed by atoms with Gasteiger partial charge in [0, 0.05) is 12.6 Å². The van der Waals surface area contributed by atoms with E-state index in [4.69, 9.17) is 0 Å². The van der Waals surface area contributed by atoms with Crippen LogP contribution in [0.5, 0.6) is 0 Å². The van der Waals surface area contributed by atoms with E-state index in [0.717, 1.165) is 19.5 Å². The number of nitrogens with one attached hydrogen (secondary N) is 2. The van der Waals surface area contributed by atoms with Crippen LogP contribution in [0, 0.1) is 0 Å². The molecule has 0 saturated carbocycles. The van der Waals surface area contributed by atoms with Crippen molar-refractivity contribution in [3.8, 4) is 0 Å². The fourth-order valence-electron chi connectivity index (χ4n) is 2.06. The van der Waals surface area contributed by atoms with Crippen molar-refractivity contribution in [1.29, 1.82) is 0 Å². The van der Waals surface area contributed by atoms with Crippen LogP contribution in [0.2, 0.25) is 0 Å². The molecule has 6 nitrogen and oxygen atoms in total. The van der Waals surface area contributed by atoms with E-state index in [1.807, 2.05) is 6.92 Å². The fraction of sp³-hybridized carbons (Fsp3) is 0.727. The zero-order valence-electron chi connectivity index (χ0n) is 10.1. The molecule has 2 heterocycles. The Morgan fingerprint density at radius 2 is 2.59 bits per heavy atom. The monoisotopic (exact) mass is 237 g/mol. The van der Waals surface area contributed by atoms with E-state index in [1.165, 1.54) is 19.2 Å². The van der Waals surface area contributed by atoms with Crippen LogP contribution >= 0.6 is 0 Å². The second-order valence-corrected chi connectivity index (χ2v) is 4.42. The summed E-state index contributed by atoms with van der Waals surface area (Å²) in [6, 6.07) is 0.269. The van der Waals surface area contributed by atoms with Gasteiger partial charge in [-0.25, -0.2) is 9.67 Å². The minimum atomic E-state index is -0.297. The maximum Gasteiger partial charge on any atom is 0.244 e. The number of rotatable bonds is 5. The summed E-state index contributed by atoms with van der Waals surface area (Å²) in [4.78, 5) is 15.6. The summed E-state index contributed by atoms with van der Waals surface area (Å²) in [5.41, 5.74) is 0. The fourth-order valence-corrected chi connectivity index (χ4v) is 2.06. The molecule has 17 heavy (non-hydrogen) atoms. The summed E-state index contributed by atoms with van der Waals surface area (Å²) >= 11 is 0. The highest BCUT2D eigenvalue weighted by Crippen LogP contribution is 2.08. The quantitative estimate of drug-likeness (QED) is 0.761. The van der Waals surface area contributed by atoms with Crippen LogP contribution in [0.4, 0.5) is 0 Å². The largest absolute Gasteiger partial charge is 0.354 e. The number of aromatic nitrogens is 3. The van der Waals surface area contributed by atoms with Crippen LogP contribution in [0.25, 0.3) is 0 Å². The number of hydrogen-bond acceptors (Lipinski definition) is 4. The van der Waals surface area contributed by atoms with Gasteiger partial charge >= 0.3 is 0 Å². The Morgan fingerprint density at radius 1 is 1.71 bits per heavy atom. The van der Waals surface area contributed by atoms with Gasteiger partial charge in [0.25, 0.3) is 0 Å². The van der Waals surface area contributed by atoms with Crippen molar-refractivity contribution < 1.29 is 4.79 Å². The summed E-state index contributed by atoms with van der Waals surface area (Å²) in [6.45, 7) is 3.64. The third-order valence-electron chi connectivity index (χ3n) is 3.17. The van der Waals surface area contributed by atoms with Gasteiger partial charge in [-0.1, -0.05) is 0 Å². The van der Waals surface area contributed by atoms with Gasteiger partial charge in [0.05, 0.1) is 0 Å². The van der Waals surface area contributed by atoms with Crippen molar-refractivity contribution in [1.82, 2.24) is 25.4 Å². The molecule has 1 aromatic heterocycles. The molecule has 1 fully saturated rings. The lowest BCUT2D eigenvalue weighted by molar-refractivity contribution is -0.124. The summed E-state index contributed by atoms with van der Waals surface area (Å²) in [5.74, 6) is -0.00602. The summed E-state index contributed by atoms with van der Waals surface area (Å²) < 4.78 is 1.56. The number of carbonyl (C=O) groups excluding carboxylic acids is 1. The molecule has 2 atom stereocenters. The molecule has 0 bridgehead atoms. The van der Waals surface area contributed by atoms with Crippen molar-refractivity contribution in [2.24, 2.45) is 0 Å². The van der Waals surface area contributed by atoms with Crippen LogP contribution in [-0.2, 0) is 4.79 Å². The van der Waals surface area contributed by atoms with Gasteiger partial charge in [0.2, 0.25) is 5.91 Å². The third-order valence-corrected chi connectivity index (χ3v) is 3.17. The maximum atomic E-state index is 11.8. The van der Waals surface area contributed by atoms with Crippen LogP contribution in [0.15, 0.2) is 12.7 Å².